The van der Waals surface area contributed by atoms with Gasteiger partial charge in [-0.3, -0.25) is 4.79 Å². The van der Waals surface area contributed by atoms with Crippen LogP contribution in [0.5, 0.6) is 0 Å². The minimum atomic E-state index is -0.594. The minimum absolute atomic E-state index is 0.307. The van der Waals surface area contributed by atoms with Crippen LogP contribution in [0.2, 0.25) is 0 Å². The number of nitrogens with one attached hydrogen (secondary N) is 1. The lowest BCUT2D eigenvalue weighted by Crippen LogP contribution is -2.29. The van der Waals surface area contributed by atoms with Crippen LogP contribution in [-0.2, 0) is 20.7 Å². The van der Waals surface area contributed by atoms with Crippen LogP contribution in [0.1, 0.15) is 57.7 Å². The molecule has 146 valence electrons. The van der Waals surface area contributed by atoms with Gasteiger partial charge in [0.05, 0.1) is 11.1 Å². The van der Waals surface area contributed by atoms with Gasteiger partial charge in [0, 0.05) is 13.0 Å². The fourth-order valence-corrected chi connectivity index (χ4v) is 3.05. The number of esters is 2. The summed E-state index contributed by atoms with van der Waals surface area (Å²) in [6.45, 7) is 2.27. The van der Waals surface area contributed by atoms with Gasteiger partial charge in [-0.25, -0.2) is 9.59 Å². The molecule has 1 atom stereocenters. The highest BCUT2D eigenvalue weighted by molar-refractivity contribution is 5.96. The summed E-state index contributed by atoms with van der Waals surface area (Å²) in [7, 11) is 0. The SMILES string of the molecule is CCCCNC(=O)COC(=O)c1ccc2c(c1)CC(c1ccccc1)OC2=O. The van der Waals surface area contributed by atoms with E-state index in [-0.39, 0.29) is 12.5 Å². The molecule has 1 aliphatic heterocycles. The predicted octanol–water partition coefficient (Wildman–Crippen LogP) is 3.21. The topological polar surface area (TPSA) is 81.7 Å². The molecule has 0 fully saturated rings. The highest BCUT2D eigenvalue weighted by Gasteiger charge is 2.28. The summed E-state index contributed by atoms with van der Waals surface area (Å²) in [6, 6.07) is 14.2. The summed E-state index contributed by atoms with van der Waals surface area (Å²) < 4.78 is 10.6. The monoisotopic (exact) mass is 381 g/mol. The molecule has 0 aromatic heterocycles. The van der Waals surface area contributed by atoms with Crippen molar-refractivity contribution in [2.24, 2.45) is 0 Å². The molecule has 1 aliphatic rings. The molecule has 0 saturated heterocycles. The first-order valence-electron chi connectivity index (χ1n) is 9.41. The van der Waals surface area contributed by atoms with Crippen molar-refractivity contribution in [3.05, 3.63) is 70.8 Å². The van der Waals surface area contributed by atoms with Crippen LogP contribution in [0.4, 0.5) is 0 Å². The number of rotatable bonds is 7. The summed E-state index contributed by atoms with van der Waals surface area (Å²) in [5.74, 6) is -1.33. The Labute approximate surface area is 163 Å². The van der Waals surface area contributed by atoms with Gasteiger partial charge in [0.2, 0.25) is 0 Å². The number of cyclic esters (lactones) is 1. The highest BCUT2D eigenvalue weighted by atomic mass is 16.5. The Balaban J connectivity index is 1.66. The van der Waals surface area contributed by atoms with Gasteiger partial charge in [-0.05, 0) is 35.7 Å². The Morgan fingerprint density at radius 1 is 1.18 bits per heavy atom. The van der Waals surface area contributed by atoms with Crippen LogP contribution in [0.15, 0.2) is 48.5 Å². The molecule has 28 heavy (non-hydrogen) atoms. The van der Waals surface area contributed by atoms with Crippen molar-refractivity contribution in [3.8, 4) is 0 Å². The molecule has 0 radical (unpaired) electrons. The van der Waals surface area contributed by atoms with E-state index >= 15 is 0 Å². The third-order valence-corrected chi connectivity index (χ3v) is 4.57. The van der Waals surface area contributed by atoms with Crippen molar-refractivity contribution in [3.63, 3.8) is 0 Å². The Morgan fingerprint density at radius 3 is 2.71 bits per heavy atom. The first-order valence-corrected chi connectivity index (χ1v) is 9.41. The van der Waals surface area contributed by atoms with Crippen LogP contribution in [0, 0.1) is 0 Å². The molecule has 0 aliphatic carbocycles. The quantitative estimate of drug-likeness (QED) is 0.588. The number of unbranched alkanes of at least 4 members (excludes halogenated alkanes) is 1. The van der Waals surface area contributed by atoms with Gasteiger partial charge in [0.15, 0.2) is 6.61 Å². The zero-order chi connectivity index (χ0) is 19.9. The van der Waals surface area contributed by atoms with E-state index in [0.717, 1.165) is 24.0 Å². The number of fused-ring (bicyclic) bond motifs is 1. The smallest absolute Gasteiger partial charge is 0.339 e. The van der Waals surface area contributed by atoms with Gasteiger partial charge in [-0.2, -0.15) is 0 Å². The largest absolute Gasteiger partial charge is 0.454 e. The normalized spacial score (nSPS) is 15.3. The first-order chi connectivity index (χ1) is 13.6. The molecule has 0 saturated carbocycles. The Bertz CT molecular complexity index is 862. The second-order valence-electron chi connectivity index (χ2n) is 6.66. The van der Waals surface area contributed by atoms with E-state index in [0.29, 0.717) is 24.1 Å². The predicted molar refractivity (Wildman–Crippen MR) is 103 cm³/mol. The summed E-state index contributed by atoms with van der Waals surface area (Å²) in [5.41, 5.74) is 2.38. The number of hydrogen-bond acceptors (Lipinski definition) is 5. The average Bonchev–Trinajstić information content (AvgIpc) is 2.72. The van der Waals surface area contributed by atoms with Gasteiger partial charge >= 0.3 is 11.9 Å². The van der Waals surface area contributed by atoms with Gasteiger partial charge in [0.25, 0.3) is 5.91 Å². The molecule has 6 heteroatoms. The number of amides is 1. The maximum absolute atomic E-state index is 12.3. The Morgan fingerprint density at radius 2 is 1.96 bits per heavy atom. The molecule has 1 unspecified atom stereocenters. The third-order valence-electron chi connectivity index (χ3n) is 4.57. The first kappa shape index (κ1) is 19.6. The van der Waals surface area contributed by atoms with Gasteiger partial charge in [0.1, 0.15) is 6.10 Å². The zero-order valence-electron chi connectivity index (χ0n) is 15.8. The molecule has 1 heterocycles. The van der Waals surface area contributed by atoms with Crippen LogP contribution < -0.4 is 5.32 Å². The molecule has 6 nitrogen and oxygen atoms in total. The molecule has 0 spiro atoms. The Hall–Kier alpha value is -3.15. The standard InChI is InChI=1S/C22H23NO5/c1-2-3-11-23-20(24)14-27-21(25)16-9-10-18-17(12-16)13-19(28-22(18)26)15-7-5-4-6-8-15/h4-10,12,19H,2-3,11,13-14H2,1H3,(H,23,24). The zero-order valence-corrected chi connectivity index (χ0v) is 15.8. The number of carbonyl (C=O) groups is 3. The maximum Gasteiger partial charge on any atom is 0.339 e. The van der Waals surface area contributed by atoms with Gasteiger partial charge in [-0.15, -0.1) is 0 Å². The maximum atomic E-state index is 12.3. The van der Waals surface area contributed by atoms with Gasteiger partial charge in [-0.1, -0.05) is 43.7 Å². The van der Waals surface area contributed by atoms with E-state index in [2.05, 4.69) is 5.32 Å². The molecule has 2 aromatic carbocycles. The highest BCUT2D eigenvalue weighted by Crippen LogP contribution is 2.31. The third kappa shape index (κ3) is 4.76. The van der Waals surface area contributed by atoms with Gasteiger partial charge < -0.3 is 14.8 Å². The fraction of sp³-hybridized carbons (Fsp3) is 0.318. The number of benzene rings is 2. The number of ether oxygens (including phenoxy) is 2. The number of hydrogen-bond donors (Lipinski definition) is 1. The van der Waals surface area contributed by atoms with E-state index < -0.39 is 18.0 Å². The van der Waals surface area contributed by atoms with Crippen LogP contribution in [0.25, 0.3) is 0 Å². The molecule has 2 aromatic rings. The molecular formula is C22H23NO5. The minimum Gasteiger partial charge on any atom is -0.454 e. The van der Waals surface area contributed by atoms with Crippen LogP contribution in [0.3, 0.4) is 0 Å². The van der Waals surface area contributed by atoms with E-state index in [4.69, 9.17) is 9.47 Å². The fourth-order valence-electron chi connectivity index (χ4n) is 3.05. The molecule has 3 rings (SSSR count). The molecule has 1 amide bonds. The summed E-state index contributed by atoms with van der Waals surface area (Å²) in [4.78, 5) is 36.3. The van der Waals surface area contributed by atoms with E-state index in [9.17, 15) is 14.4 Å². The average molecular weight is 381 g/mol. The van der Waals surface area contributed by atoms with Crippen LogP contribution in [-0.4, -0.2) is 31.0 Å². The van der Waals surface area contributed by atoms with E-state index in [1.54, 1.807) is 12.1 Å². The van der Waals surface area contributed by atoms with Crippen molar-refractivity contribution >= 4 is 17.8 Å². The second-order valence-corrected chi connectivity index (χ2v) is 6.66. The van der Waals surface area contributed by atoms with Crippen molar-refractivity contribution < 1.29 is 23.9 Å². The lowest BCUT2D eigenvalue weighted by molar-refractivity contribution is -0.124. The van der Waals surface area contributed by atoms with E-state index in [1.807, 2.05) is 37.3 Å². The van der Waals surface area contributed by atoms with Crippen molar-refractivity contribution in [1.82, 2.24) is 5.32 Å². The summed E-state index contributed by atoms with van der Waals surface area (Å²) >= 11 is 0. The molecule has 1 N–H and O–H groups in total. The van der Waals surface area contributed by atoms with E-state index in [1.165, 1.54) is 6.07 Å². The lowest BCUT2D eigenvalue weighted by atomic mass is 9.93. The van der Waals surface area contributed by atoms with Crippen molar-refractivity contribution in [2.75, 3.05) is 13.2 Å². The molecule has 0 bridgehead atoms. The lowest BCUT2D eigenvalue weighted by Gasteiger charge is -2.25. The van der Waals surface area contributed by atoms with Crippen molar-refractivity contribution in [1.29, 1.82) is 0 Å². The molecular weight excluding hydrogens is 358 g/mol. The second kappa shape index (κ2) is 9.17. The summed E-state index contributed by atoms with van der Waals surface area (Å²) in [6.07, 6.45) is 1.94. The van der Waals surface area contributed by atoms with Crippen molar-refractivity contribution in [2.45, 2.75) is 32.3 Å². The Kier molecular flexibility index (Phi) is 6.42. The van der Waals surface area contributed by atoms with Crippen LogP contribution >= 0.6 is 0 Å². The summed E-state index contributed by atoms with van der Waals surface area (Å²) in [5, 5.41) is 2.69. The number of carbonyl (C=O) groups excluding carboxylic acids is 3.